The van der Waals surface area contributed by atoms with Gasteiger partial charge in [-0.2, -0.15) is 0 Å². The minimum Gasteiger partial charge on any atom is -0.330 e. The van der Waals surface area contributed by atoms with Gasteiger partial charge in [-0.1, -0.05) is 66.7 Å². The van der Waals surface area contributed by atoms with Crippen molar-refractivity contribution in [3.05, 3.63) is 72.3 Å². The van der Waals surface area contributed by atoms with Crippen molar-refractivity contribution in [3.63, 3.8) is 0 Å². The molecule has 0 radical (unpaired) electrons. The second-order valence-electron chi connectivity index (χ2n) is 5.24. The Balaban J connectivity index is 1.93. The van der Waals surface area contributed by atoms with Gasteiger partial charge in [-0.3, -0.25) is 0 Å². The maximum Gasteiger partial charge on any atom is -0.00698 e. The average molecular weight is 265 g/mol. The molecule has 0 bridgehead atoms. The van der Waals surface area contributed by atoms with Crippen molar-refractivity contribution in [2.45, 2.75) is 25.7 Å². The highest BCUT2D eigenvalue weighted by Crippen LogP contribution is 2.20. The molecule has 1 nitrogen and oxygen atoms in total. The summed E-state index contributed by atoms with van der Waals surface area (Å²) in [4.78, 5) is 0. The molecule has 2 N–H and O–H groups in total. The van der Waals surface area contributed by atoms with Crippen molar-refractivity contribution in [3.8, 4) is 11.1 Å². The maximum absolute atomic E-state index is 5.51. The summed E-state index contributed by atoms with van der Waals surface area (Å²) in [6.07, 6.45) is 4.29. The van der Waals surface area contributed by atoms with Gasteiger partial charge in [0.1, 0.15) is 0 Å². The quantitative estimate of drug-likeness (QED) is 0.575. The zero-order valence-corrected chi connectivity index (χ0v) is 12.0. The molecule has 0 spiro atoms. The minimum atomic E-state index is 0.777. The zero-order valence-electron chi connectivity index (χ0n) is 12.0. The largest absolute Gasteiger partial charge is 0.330 e. The first-order chi connectivity index (χ1) is 9.79. The van der Waals surface area contributed by atoms with Crippen LogP contribution in [-0.4, -0.2) is 6.54 Å². The van der Waals surface area contributed by atoms with Crippen LogP contribution < -0.4 is 5.73 Å². The van der Waals surface area contributed by atoms with Gasteiger partial charge in [0.2, 0.25) is 0 Å². The first-order valence-corrected chi connectivity index (χ1v) is 7.30. The molecule has 0 aliphatic rings. The number of benzene rings is 2. The molecule has 2 aromatic carbocycles. The Bertz CT molecular complexity index is 525. The highest BCUT2D eigenvalue weighted by atomic mass is 14.5. The van der Waals surface area contributed by atoms with Crippen LogP contribution in [0.3, 0.4) is 0 Å². The lowest BCUT2D eigenvalue weighted by atomic mass is 9.99. The molecule has 0 aliphatic carbocycles. The van der Waals surface area contributed by atoms with Crippen LogP contribution in [0.4, 0.5) is 0 Å². The van der Waals surface area contributed by atoms with Crippen LogP contribution in [0.1, 0.15) is 24.8 Å². The molecule has 0 saturated carbocycles. The molecule has 0 aliphatic heterocycles. The van der Waals surface area contributed by atoms with Crippen molar-refractivity contribution in [2.75, 3.05) is 6.54 Å². The Morgan fingerprint density at radius 1 is 0.850 bits per heavy atom. The first kappa shape index (κ1) is 14.5. The van der Waals surface area contributed by atoms with Crippen molar-refractivity contribution < 1.29 is 0 Å². The van der Waals surface area contributed by atoms with E-state index >= 15 is 0 Å². The third-order valence-electron chi connectivity index (χ3n) is 3.50. The molecule has 0 saturated heterocycles. The number of hydrogen-bond acceptors (Lipinski definition) is 1. The zero-order chi connectivity index (χ0) is 14.2. The van der Waals surface area contributed by atoms with Crippen LogP contribution in [0.2, 0.25) is 0 Å². The lowest BCUT2D eigenvalue weighted by Gasteiger charge is -2.07. The van der Waals surface area contributed by atoms with Gasteiger partial charge in [-0.25, -0.2) is 0 Å². The summed E-state index contributed by atoms with van der Waals surface area (Å²) in [6, 6.07) is 19.3. The fraction of sp³-hybridized carbons (Fsp3) is 0.263. The van der Waals surface area contributed by atoms with E-state index in [-0.39, 0.29) is 0 Å². The van der Waals surface area contributed by atoms with E-state index in [4.69, 9.17) is 5.73 Å². The number of nitrogens with two attached hydrogens (primary N) is 1. The second kappa shape index (κ2) is 7.66. The van der Waals surface area contributed by atoms with Crippen molar-refractivity contribution in [2.24, 2.45) is 5.73 Å². The Hall–Kier alpha value is -1.86. The fourth-order valence-corrected chi connectivity index (χ4v) is 2.34. The molecule has 0 fully saturated rings. The van der Waals surface area contributed by atoms with E-state index in [0.29, 0.717) is 0 Å². The average Bonchev–Trinajstić information content (AvgIpc) is 2.49. The third kappa shape index (κ3) is 4.36. The number of allylic oxidation sites excluding steroid dienone is 1. The van der Waals surface area contributed by atoms with Crippen LogP contribution in [-0.2, 0) is 6.42 Å². The topological polar surface area (TPSA) is 26.0 Å². The first-order valence-electron chi connectivity index (χ1n) is 7.30. The molecule has 20 heavy (non-hydrogen) atoms. The van der Waals surface area contributed by atoms with Gasteiger partial charge in [0.15, 0.2) is 0 Å². The van der Waals surface area contributed by atoms with Crippen molar-refractivity contribution >= 4 is 0 Å². The second-order valence-corrected chi connectivity index (χ2v) is 5.24. The Kier molecular flexibility index (Phi) is 5.57. The summed E-state index contributed by atoms with van der Waals surface area (Å²) >= 11 is 0. The summed E-state index contributed by atoms with van der Waals surface area (Å²) in [5.41, 5.74) is 10.7. The number of hydrogen-bond donors (Lipinski definition) is 1. The molecule has 1 heteroatoms. The van der Waals surface area contributed by atoms with E-state index in [2.05, 4.69) is 55.1 Å². The molecular formula is C19H23N. The Labute approximate surface area is 122 Å². The predicted molar refractivity (Wildman–Crippen MR) is 87.6 cm³/mol. The van der Waals surface area contributed by atoms with Crippen molar-refractivity contribution in [1.82, 2.24) is 0 Å². The molecule has 0 aromatic heterocycles. The number of rotatable bonds is 7. The van der Waals surface area contributed by atoms with E-state index in [1.54, 1.807) is 0 Å². The molecule has 0 amide bonds. The highest BCUT2D eigenvalue weighted by Gasteiger charge is 2.00. The maximum atomic E-state index is 5.51. The van der Waals surface area contributed by atoms with Crippen LogP contribution >= 0.6 is 0 Å². The van der Waals surface area contributed by atoms with Crippen LogP contribution in [0, 0.1) is 0 Å². The van der Waals surface area contributed by atoms with Gasteiger partial charge in [0.05, 0.1) is 0 Å². The van der Waals surface area contributed by atoms with E-state index < -0.39 is 0 Å². The standard InChI is InChI=1S/C19H23N/c1-16(7-5-6-14-20)15-17-10-12-19(13-11-17)18-8-3-2-4-9-18/h2-4,8-13H,1,5-7,14-15,20H2. The summed E-state index contributed by atoms with van der Waals surface area (Å²) in [5, 5.41) is 0. The van der Waals surface area contributed by atoms with E-state index in [9.17, 15) is 0 Å². The van der Waals surface area contributed by atoms with Gasteiger partial charge in [0.25, 0.3) is 0 Å². The molecule has 0 atom stereocenters. The highest BCUT2D eigenvalue weighted by molar-refractivity contribution is 5.63. The van der Waals surface area contributed by atoms with E-state index in [1.807, 2.05) is 6.07 Å². The SMILES string of the molecule is C=C(CCCCN)Cc1ccc(-c2ccccc2)cc1. The minimum absolute atomic E-state index is 0.777. The number of unbranched alkanes of at least 4 members (excludes halogenated alkanes) is 1. The Morgan fingerprint density at radius 3 is 2.15 bits per heavy atom. The molecule has 2 rings (SSSR count). The Morgan fingerprint density at radius 2 is 1.50 bits per heavy atom. The van der Waals surface area contributed by atoms with Crippen molar-refractivity contribution in [1.29, 1.82) is 0 Å². The van der Waals surface area contributed by atoms with Gasteiger partial charge in [-0.05, 0) is 48.9 Å². The van der Waals surface area contributed by atoms with Gasteiger partial charge in [0, 0.05) is 0 Å². The van der Waals surface area contributed by atoms with Crippen LogP contribution in [0.15, 0.2) is 66.7 Å². The van der Waals surface area contributed by atoms with Gasteiger partial charge < -0.3 is 5.73 Å². The van der Waals surface area contributed by atoms with Crippen LogP contribution in [0.5, 0.6) is 0 Å². The van der Waals surface area contributed by atoms with Crippen LogP contribution in [0.25, 0.3) is 11.1 Å². The van der Waals surface area contributed by atoms with E-state index in [0.717, 1.165) is 32.2 Å². The fourth-order valence-electron chi connectivity index (χ4n) is 2.34. The molecule has 2 aromatic rings. The summed E-state index contributed by atoms with van der Waals surface area (Å²) in [5.74, 6) is 0. The monoisotopic (exact) mass is 265 g/mol. The molecule has 0 heterocycles. The summed E-state index contributed by atoms with van der Waals surface area (Å²) in [7, 11) is 0. The lowest BCUT2D eigenvalue weighted by molar-refractivity contribution is 0.731. The molecule has 0 unspecified atom stereocenters. The van der Waals surface area contributed by atoms with E-state index in [1.165, 1.54) is 22.3 Å². The summed E-state index contributed by atoms with van der Waals surface area (Å²) < 4.78 is 0. The smallest absolute Gasteiger partial charge is 0.00698 e. The molecule has 104 valence electrons. The molecular weight excluding hydrogens is 242 g/mol. The predicted octanol–water partition coefficient (Wildman–Crippen LogP) is 4.58. The normalized spacial score (nSPS) is 10.4. The third-order valence-corrected chi connectivity index (χ3v) is 3.50. The van der Waals surface area contributed by atoms with Gasteiger partial charge in [-0.15, -0.1) is 0 Å². The van der Waals surface area contributed by atoms with Gasteiger partial charge >= 0.3 is 0 Å². The lowest BCUT2D eigenvalue weighted by Crippen LogP contribution is -1.98. The summed E-state index contributed by atoms with van der Waals surface area (Å²) in [6.45, 7) is 4.94.